The highest BCUT2D eigenvalue weighted by atomic mass is 16.5. The van der Waals surface area contributed by atoms with E-state index in [-0.39, 0.29) is 17.2 Å². The third-order valence-electron chi connectivity index (χ3n) is 5.75. The molecule has 0 saturated carbocycles. The zero-order valence-electron chi connectivity index (χ0n) is 16.1. The predicted octanol–water partition coefficient (Wildman–Crippen LogP) is 2.83. The highest BCUT2D eigenvalue weighted by Crippen LogP contribution is 2.55. The third kappa shape index (κ3) is 2.82. The molecule has 3 rings (SSSR count). The van der Waals surface area contributed by atoms with E-state index in [2.05, 4.69) is 30.0 Å². The monoisotopic (exact) mass is 373 g/mol. The molecule has 1 aromatic rings. The van der Waals surface area contributed by atoms with Crippen LogP contribution in [0.25, 0.3) is 0 Å². The molecule has 2 atom stereocenters. The minimum absolute atomic E-state index is 0.0438. The van der Waals surface area contributed by atoms with Crippen molar-refractivity contribution in [3.63, 3.8) is 0 Å². The molecule has 2 N–H and O–H groups in total. The molecule has 0 radical (unpaired) electrons. The van der Waals surface area contributed by atoms with Crippen molar-refractivity contribution in [3.8, 4) is 24.0 Å². The summed E-state index contributed by atoms with van der Waals surface area (Å²) in [6.45, 7) is 4.41. The largest absolute Gasteiger partial charge is 0.496 e. The van der Waals surface area contributed by atoms with Crippen LogP contribution in [0.15, 0.2) is 47.2 Å². The number of nitrogens with two attached hydrogens (primary N) is 1. The van der Waals surface area contributed by atoms with Crippen LogP contribution >= 0.6 is 0 Å². The Bertz CT molecular complexity index is 942. The number of rotatable bonds is 4. The van der Waals surface area contributed by atoms with Crippen LogP contribution in [-0.4, -0.2) is 31.6 Å². The van der Waals surface area contributed by atoms with E-state index in [1.807, 2.05) is 30.3 Å². The van der Waals surface area contributed by atoms with E-state index in [1.54, 1.807) is 7.11 Å². The molecule has 28 heavy (non-hydrogen) atoms. The number of methoxy groups -OCH3 is 1. The normalized spacial score (nSPS) is 23.6. The van der Waals surface area contributed by atoms with Gasteiger partial charge in [-0.15, -0.1) is 0 Å². The molecule has 0 aromatic heterocycles. The lowest BCUT2D eigenvalue weighted by Crippen LogP contribution is -2.48. The van der Waals surface area contributed by atoms with Crippen molar-refractivity contribution in [2.45, 2.75) is 19.3 Å². The van der Waals surface area contributed by atoms with Gasteiger partial charge in [0.25, 0.3) is 0 Å². The lowest BCUT2D eigenvalue weighted by molar-refractivity contribution is 0.205. The molecule has 0 unspecified atom stereocenters. The molecule has 1 aliphatic heterocycles. The van der Waals surface area contributed by atoms with Crippen LogP contribution < -0.4 is 10.5 Å². The second-order valence-corrected chi connectivity index (χ2v) is 7.18. The number of hydrogen-bond donors (Lipinski definition) is 1. The molecule has 1 aromatic carbocycles. The van der Waals surface area contributed by atoms with Crippen molar-refractivity contribution in [3.05, 3.63) is 52.7 Å². The molecule has 142 valence electrons. The Balaban J connectivity index is 2.31. The number of allylic oxidation sites excluding steroid dienone is 2. The van der Waals surface area contributed by atoms with Gasteiger partial charge in [-0.2, -0.15) is 15.8 Å². The van der Waals surface area contributed by atoms with Gasteiger partial charge >= 0.3 is 0 Å². The van der Waals surface area contributed by atoms with Gasteiger partial charge in [-0.25, -0.2) is 0 Å². The molecule has 1 heterocycles. The summed E-state index contributed by atoms with van der Waals surface area (Å²) in [6, 6.07) is 13.9. The smallest absolute Gasteiger partial charge is 0.191 e. The van der Waals surface area contributed by atoms with Crippen LogP contribution in [0, 0.1) is 45.3 Å². The van der Waals surface area contributed by atoms with Gasteiger partial charge in [-0.3, -0.25) is 4.90 Å². The molecule has 0 amide bonds. The zero-order valence-corrected chi connectivity index (χ0v) is 16.1. The lowest BCUT2D eigenvalue weighted by atomic mass is 9.58. The summed E-state index contributed by atoms with van der Waals surface area (Å²) in [5.74, 6) is -0.109. The Hall–Kier alpha value is -3.27. The molecular weight excluding hydrogens is 350 g/mol. The van der Waals surface area contributed by atoms with E-state index < -0.39 is 11.3 Å². The van der Waals surface area contributed by atoms with Gasteiger partial charge in [0.05, 0.1) is 30.5 Å². The first-order chi connectivity index (χ1) is 13.6. The van der Waals surface area contributed by atoms with E-state index in [1.165, 1.54) is 0 Å². The summed E-state index contributed by atoms with van der Waals surface area (Å²) in [4.78, 5) is 2.28. The molecule has 1 aliphatic carbocycles. The fourth-order valence-corrected chi connectivity index (χ4v) is 4.51. The van der Waals surface area contributed by atoms with Crippen molar-refractivity contribution < 1.29 is 4.74 Å². The van der Waals surface area contributed by atoms with Crippen molar-refractivity contribution >= 4 is 0 Å². The second kappa shape index (κ2) is 7.77. The van der Waals surface area contributed by atoms with E-state index in [4.69, 9.17) is 10.5 Å². The molecule has 0 fully saturated rings. The fraction of sp³-hybridized carbons (Fsp3) is 0.409. The van der Waals surface area contributed by atoms with Crippen molar-refractivity contribution in [1.29, 1.82) is 15.8 Å². The first kappa shape index (κ1) is 19.5. The lowest BCUT2D eigenvalue weighted by Gasteiger charge is -2.45. The first-order valence-corrected chi connectivity index (χ1v) is 9.36. The molecule has 6 nitrogen and oxygen atoms in total. The number of fused-ring (bicyclic) bond motifs is 1. The average Bonchev–Trinajstić information content (AvgIpc) is 2.73. The van der Waals surface area contributed by atoms with E-state index >= 15 is 0 Å². The molecule has 0 saturated heterocycles. The number of nitriles is 3. The number of para-hydroxylation sites is 1. The predicted molar refractivity (Wildman–Crippen MR) is 105 cm³/mol. The summed E-state index contributed by atoms with van der Waals surface area (Å²) >= 11 is 0. The molecule has 6 heteroatoms. The topological polar surface area (TPSA) is 110 Å². The van der Waals surface area contributed by atoms with Crippen LogP contribution in [0.4, 0.5) is 0 Å². The quantitative estimate of drug-likeness (QED) is 0.869. The van der Waals surface area contributed by atoms with Crippen LogP contribution in [0.2, 0.25) is 0 Å². The van der Waals surface area contributed by atoms with Crippen molar-refractivity contribution in [2.24, 2.45) is 17.1 Å². The standard InChI is InChI=1S/C22H23N5O/c1-3-9-27-10-8-15-17(11-23)21(26)22(13-24,14-25)20(18(15)12-27)16-6-4-5-7-19(16)28-2/h4-8,18,20H,3,9-10,12,26H2,1-2H3/t18-,20-/m0/s1. The molecular formula is C22H23N5O. The van der Waals surface area contributed by atoms with Crippen LogP contribution in [0.3, 0.4) is 0 Å². The van der Waals surface area contributed by atoms with Gasteiger partial charge in [0.15, 0.2) is 5.41 Å². The minimum Gasteiger partial charge on any atom is -0.496 e. The van der Waals surface area contributed by atoms with Gasteiger partial charge in [0.2, 0.25) is 0 Å². The molecule has 0 spiro atoms. The number of benzene rings is 1. The van der Waals surface area contributed by atoms with E-state index in [0.29, 0.717) is 12.3 Å². The Morgan fingerprint density at radius 2 is 1.96 bits per heavy atom. The maximum Gasteiger partial charge on any atom is 0.191 e. The highest BCUT2D eigenvalue weighted by molar-refractivity contribution is 5.60. The molecule has 0 bridgehead atoms. The highest BCUT2D eigenvalue weighted by Gasteiger charge is 2.55. The number of nitrogens with zero attached hydrogens (tertiary/aromatic N) is 4. The number of ether oxygens (including phenoxy) is 1. The summed E-state index contributed by atoms with van der Waals surface area (Å²) in [5, 5.41) is 30.0. The minimum atomic E-state index is -1.63. The van der Waals surface area contributed by atoms with Gasteiger partial charge in [0.1, 0.15) is 11.8 Å². The van der Waals surface area contributed by atoms with Crippen molar-refractivity contribution in [1.82, 2.24) is 4.90 Å². The van der Waals surface area contributed by atoms with Gasteiger partial charge in [-0.1, -0.05) is 31.2 Å². The van der Waals surface area contributed by atoms with Gasteiger partial charge < -0.3 is 10.5 Å². The maximum absolute atomic E-state index is 10.1. The van der Waals surface area contributed by atoms with Gasteiger partial charge in [0, 0.05) is 30.5 Å². The summed E-state index contributed by atoms with van der Waals surface area (Å²) in [7, 11) is 1.57. The van der Waals surface area contributed by atoms with Crippen molar-refractivity contribution in [2.75, 3.05) is 26.7 Å². The van der Waals surface area contributed by atoms with E-state index in [9.17, 15) is 15.8 Å². The Morgan fingerprint density at radius 1 is 1.25 bits per heavy atom. The summed E-state index contributed by atoms with van der Waals surface area (Å²) < 4.78 is 5.55. The fourth-order valence-electron chi connectivity index (χ4n) is 4.51. The Labute approximate surface area is 165 Å². The SMILES string of the molecule is CCCN1CC=C2C(C#N)=C(N)C(C#N)(C#N)[C@@H](c3ccccc3OC)[C@H]2C1. The van der Waals surface area contributed by atoms with E-state index in [0.717, 1.165) is 30.6 Å². The van der Waals surface area contributed by atoms with Crippen LogP contribution in [0.5, 0.6) is 5.75 Å². The van der Waals surface area contributed by atoms with Crippen LogP contribution in [-0.2, 0) is 0 Å². The summed E-state index contributed by atoms with van der Waals surface area (Å²) in [5.41, 5.74) is 6.62. The Kier molecular flexibility index (Phi) is 5.41. The third-order valence-corrected chi connectivity index (χ3v) is 5.75. The molecule has 2 aliphatic rings. The zero-order chi connectivity index (χ0) is 20.3. The van der Waals surface area contributed by atoms with Gasteiger partial charge in [-0.05, 0) is 24.6 Å². The number of hydrogen-bond acceptors (Lipinski definition) is 6. The maximum atomic E-state index is 10.1. The second-order valence-electron chi connectivity index (χ2n) is 7.18. The average molecular weight is 373 g/mol. The van der Waals surface area contributed by atoms with Crippen LogP contribution in [0.1, 0.15) is 24.8 Å². The Morgan fingerprint density at radius 3 is 2.57 bits per heavy atom. The first-order valence-electron chi connectivity index (χ1n) is 9.36. The summed E-state index contributed by atoms with van der Waals surface area (Å²) in [6.07, 6.45) is 3.02.